The summed E-state index contributed by atoms with van der Waals surface area (Å²) in [6.07, 6.45) is 4.15. The van der Waals surface area contributed by atoms with Gasteiger partial charge in [-0.2, -0.15) is 0 Å². The lowest BCUT2D eigenvalue weighted by Crippen LogP contribution is -2.28. The number of hydrogen-bond acceptors (Lipinski definition) is 7. The minimum atomic E-state index is -3.63. The van der Waals surface area contributed by atoms with Crippen LogP contribution in [-0.4, -0.2) is 36.4 Å². The van der Waals surface area contributed by atoms with E-state index in [0.717, 1.165) is 30.7 Å². The van der Waals surface area contributed by atoms with Gasteiger partial charge in [0.2, 0.25) is 5.13 Å². The molecule has 1 amide bonds. The van der Waals surface area contributed by atoms with Gasteiger partial charge in [0.15, 0.2) is 0 Å². The Morgan fingerprint density at radius 1 is 1.30 bits per heavy atom. The van der Waals surface area contributed by atoms with Crippen LogP contribution in [0.1, 0.15) is 43.7 Å². The fourth-order valence-corrected chi connectivity index (χ4v) is 4.65. The predicted octanol–water partition coefficient (Wildman–Crippen LogP) is 2.34. The fourth-order valence-electron chi connectivity index (χ4n) is 2.62. The highest BCUT2D eigenvalue weighted by atomic mass is 32.2. The van der Waals surface area contributed by atoms with Gasteiger partial charge in [0.25, 0.3) is 15.9 Å². The average Bonchev–Trinajstić information content (AvgIpc) is 3.18. The molecule has 0 radical (unpaired) electrons. The van der Waals surface area contributed by atoms with Gasteiger partial charge in [-0.05, 0) is 25.5 Å². The van der Waals surface area contributed by atoms with Crippen molar-refractivity contribution in [3.63, 3.8) is 0 Å². The van der Waals surface area contributed by atoms with Crippen LogP contribution in [-0.2, 0) is 21.2 Å². The molecule has 1 aliphatic rings. The van der Waals surface area contributed by atoms with Gasteiger partial charge in [0.1, 0.15) is 16.9 Å². The molecule has 2 N–H and O–H groups in total. The Hall–Kier alpha value is -2.33. The Bertz CT molecular complexity index is 968. The van der Waals surface area contributed by atoms with Gasteiger partial charge in [-0.25, -0.2) is 8.42 Å². The van der Waals surface area contributed by atoms with Crippen molar-refractivity contribution in [1.29, 1.82) is 0 Å². The first-order chi connectivity index (χ1) is 12.9. The molecule has 0 spiro atoms. The van der Waals surface area contributed by atoms with Crippen molar-refractivity contribution >= 4 is 38.2 Å². The third-order valence-corrected chi connectivity index (χ3v) is 6.35. The van der Waals surface area contributed by atoms with E-state index in [1.54, 1.807) is 25.1 Å². The van der Waals surface area contributed by atoms with Gasteiger partial charge >= 0.3 is 0 Å². The SMILES string of the molecule is CCCCCc1nnc(NC(=O)[C@@H](C)N=C2NS(=O)(=O)c3ccccc32)s1. The van der Waals surface area contributed by atoms with Gasteiger partial charge < -0.3 is 0 Å². The van der Waals surface area contributed by atoms with Crippen molar-refractivity contribution in [2.75, 3.05) is 5.32 Å². The van der Waals surface area contributed by atoms with Crippen molar-refractivity contribution in [2.24, 2.45) is 4.99 Å². The molecule has 3 rings (SSSR count). The largest absolute Gasteiger partial charge is 0.299 e. The lowest BCUT2D eigenvalue weighted by molar-refractivity contribution is -0.117. The number of aliphatic imine (C=N–C) groups is 1. The van der Waals surface area contributed by atoms with Crippen LogP contribution in [0.4, 0.5) is 5.13 Å². The second kappa shape index (κ2) is 8.13. The molecule has 2 aromatic rings. The second-order valence-electron chi connectivity index (χ2n) is 6.20. The summed E-state index contributed by atoms with van der Waals surface area (Å²) in [6, 6.07) is 5.74. The monoisotopic (exact) mass is 407 g/mol. The molecule has 1 atom stereocenters. The third-order valence-electron chi connectivity index (χ3n) is 4.06. The van der Waals surface area contributed by atoms with E-state index in [-0.39, 0.29) is 16.6 Å². The molecular weight excluding hydrogens is 386 g/mol. The van der Waals surface area contributed by atoms with Crippen molar-refractivity contribution in [2.45, 2.75) is 50.5 Å². The third kappa shape index (κ3) is 4.51. The number of benzene rings is 1. The molecule has 0 saturated carbocycles. The van der Waals surface area contributed by atoms with E-state index in [4.69, 9.17) is 0 Å². The molecule has 27 heavy (non-hydrogen) atoms. The molecule has 0 saturated heterocycles. The van der Waals surface area contributed by atoms with Gasteiger partial charge in [0.05, 0.1) is 4.90 Å². The van der Waals surface area contributed by atoms with Crippen molar-refractivity contribution in [3.05, 3.63) is 34.8 Å². The highest BCUT2D eigenvalue weighted by Crippen LogP contribution is 2.23. The number of sulfonamides is 1. The minimum Gasteiger partial charge on any atom is -0.299 e. The van der Waals surface area contributed by atoms with Gasteiger partial charge in [-0.15, -0.1) is 10.2 Å². The zero-order valence-electron chi connectivity index (χ0n) is 15.1. The van der Waals surface area contributed by atoms with E-state index in [9.17, 15) is 13.2 Å². The van der Waals surface area contributed by atoms with E-state index in [0.29, 0.717) is 10.7 Å². The van der Waals surface area contributed by atoms with Crippen molar-refractivity contribution in [1.82, 2.24) is 14.9 Å². The van der Waals surface area contributed by atoms with E-state index in [2.05, 4.69) is 32.2 Å². The van der Waals surface area contributed by atoms with Crippen LogP contribution in [0.2, 0.25) is 0 Å². The Kier molecular flexibility index (Phi) is 5.85. The van der Waals surface area contributed by atoms with E-state index >= 15 is 0 Å². The smallest absolute Gasteiger partial charge is 0.263 e. The normalized spacial score (nSPS) is 17.3. The number of carbonyl (C=O) groups is 1. The van der Waals surface area contributed by atoms with Crippen LogP contribution in [0, 0.1) is 0 Å². The Balaban J connectivity index is 1.67. The topological polar surface area (TPSA) is 113 Å². The summed E-state index contributed by atoms with van der Waals surface area (Å²) in [5.74, 6) is -0.201. The highest BCUT2D eigenvalue weighted by molar-refractivity contribution is 7.90. The lowest BCUT2D eigenvalue weighted by atomic mass is 10.2. The van der Waals surface area contributed by atoms with E-state index in [1.165, 1.54) is 17.4 Å². The number of unbranched alkanes of at least 4 members (excludes halogenated alkanes) is 2. The average molecular weight is 408 g/mol. The number of aromatic nitrogens is 2. The van der Waals surface area contributed by atoms with Gasteiger partial charge in [-0.1, -0.05) is 43.2 Å². The number of carbonyl (C=O) groups excluding carboxylic acids is 1. The maximum atomic E-state index is 12.4. The van der Waals surface area contributed by atoms with Crippen molar-refractivity contribution < 1.29 is 13.2 Å². The number of aryl methyl sites for hydroxylation is 1. The molecule has 0 bridgehead atoms. The van der Waals surface area contributed by atoms with E-state index < -0.39 is 16.1 Å². The summed E-state index contributed by atoms with van der Waals surface area (Å²) in [6.45, 7) is 3.73. The van der Waals surface area contributed by atoms with Crippen LogP contribution < -0.4 is 10.0 Å². The van der Waals surface area contributed by atoms with Crippen LogP contribution >= 0.6 is 11.3 Å². The summed E-state index contributed by atoms with van der Waals surface area (Å²) in [5, 5.41) is 12.1. The van der Waals surface area contributed by atoms with Crippen molar-refractivity contribution in [3.8, 4) is 0 Å². The summed E-state index contributed by atoms with van der Waals surface area (Å²) in [5.41, 5.74) is 0.464. The number of fused-ring (bicyclic) bond motifs is 1. The molecule has 144 valence electrons. The minimum absolute atomic E-state index is 0.164. The number of amidine groups is 1. The zero-order chi connectivity index (χ0) is 19.4. The Morgan fingerprint density at radius 2 is 2.07 bits per heavy atom. The molecular formula is C17H21N5O3S2. The molecule has 1 aliphatic heterocycles. The predicted molar refractivity (Wildman–Crippen MR) is 105 cm³/mol. The summed E-state index contributed by atoms with van der Waals surface area (Å²) < 4.78 is 26.6. The molecule has 8 nitrogen and oxygen atoms in total. The summed E-state index contributed by atoms with van der Waals surface area (Å²) in [7, 11) is -3.63. The molecule has 10 heteroatoms. The first-order valence-corrected chi connectivity index (χ1v) is 11.0. The number of anilines is 1. The maximum absolute atomic E-state index is 12.4. The lowest BCUT2D eigenvalue weighted by Gasteiger charge is -2.07. The number of nitrogens with zero attached hydrogens (tertiary/aromatic N) is 3. The van der Waals surface area contributed by atoms with E-state index in [1.807, 2.05) is 0 Å². The number of rotatable bonds is 7. The zero-order valence-corrected chi connectivity index (χ0v) is 16.7. The first kappa shape index (κ1) is 19.4. The molecule has 0 fully saturated rings. The molecule has 1 aromatic heterocycles. The molecule has 1 aromatic carbocycles. The first-order valence-electron chi connectivity index (χ1n) is 8.74. The molecule has 0 aliphatic carbocycles. The fraction of sp³-hybridized carbons (Fsp3) is 0.412. The molecule has 2 heterocycles. The quantitative estimate of drug-likeness (QED) is 0.684. The number of hydrogen-bond donors (Lipinski definition) is 2. The van der Waals surface area contributed by atoms with Crippen LogP contribution in [0.25, 0.3) is 0 Å². The summed E-state index contributed by atoms with van der Waals surface area (Å²) >= 11 is 1.35. The standard InChI is InChI=1S/C17H21N5O3S2/c1-3-4-5-10-14-20-21-17(26-14)19-16(23)11(2)18-15-12-8-6-7-9-13(12)27(24,25)22-15/h6-9,11H,3-5,10H2,1-2H3,(H,18,22)(H,19,21,23)/t11-/m1/s1. The highest BCUT2D eigenvalue weighted by Gasteiger charge is 2.31. The van der Waals surface area contributed by atoms with Gasteiger partial charge in [0, 0.05) is 12.0 Å². The Labute approximate surface area is 162 Å². The Morgan fingerprint density at radius 3 is 2.85 bits per heavy atom. The van der Waals surface area contributed by atoms with Crippen LogP contribution in [0.15, 0.2) is 34.2 Å². The maximum Gasteiger partial charge on any atom is 0.263 e. The van der Waals surface area contributed by atoms with Crippen LogP contribution in [0.5, 0.6) is 0 Å². The van der Waals surface area contributed by atoms with Crippen LogP contribution in [0.3, 0.4) is 0 Å². The summed E-state index contributed by atoms with van der Waals surface area (Å²) in [4.78, 5) is 16.8. The second-order valence-corrected chi connectivity index (χ2v) is 8.92. The van der Waals surface area contributed by atoms with Gasteiger partial charge in [-0.3, -0.25) is 19.8 Å². The number of nitrogens with one attached hydrogen (secondary N) is 2. The molecule has 0 unspecified atom stereocenters. The number of amides is 1.